The molecular weight excluding hydrogens is 306 g/mol. The highest BCUT2D eigenvalue weighted by atomic mass is 35.5. The molecule has 3 nitrogen and oxygen atoms in total. The van der Waals surface area contributed by atoms with Crippen LogP contribution in [0.1, 0.15) is 22.0 Å². The molecule has 5 heteroatoms. The third-order valence-electron chi connectivity index (χ3n) is 3.79. The summed E-state index contributed by atoms with van der Waals surface area (Å²) in [5.41, 5.74) is 2.37. The lowest BCUT2D eigenvalue weighted by Crippen LogP contribution is -2.18. The first-order chi connectivity index (χ1) is 10.2. The number of nitrogens with one attached hydrogen (secondary N) is 1. The Kier molecular flexibility index (Phi) is 4.38. The Morgan fingerprint density at radius 2 is 2.33 bits per heavy atom. The SMILES string of the molecule is CNC(Cc1cc(Cl)cc2c1OCC2)c1sccc1OC. The molecule has 112 valence electrons. The largest absolute Gasteiger partial charge is 0.496 e. The Morgan fingerprint density at radius 1 is 1.48 bits per heavy atom. The predicted octanol–water partition coefficient (Wildman–Crippen LogP) is 3.85. The first-order valence-corrected chi connectivity index (χ1v) is 8.21. The lowest BCUT2D eigenvalue weighted by Gasteiger charge is -2.18. The average Bonchev–Trinajstić information content (AvgIpc) is 3.12. The van der Waals surface area contributed by atoms with Crippen molar-refractivity contribution in [3.63, 3.8) is 0 Å². The summed E-state index contributed by atoms with van der Waals surface area (Å²) in [6.45, 7) is 0.745. The van der Waals surface area contributed by atoms with Crippen LogP contribution in [0.2, 0.25) is 5.02 Å². The summed E-state index contributed by atoms with van der Waals surface area (Å²) in [6.07, 6.45) is 1.77. The third-order valence-corrected chi connectivity index (χ3v) is 5.02. The lowest BCUT2D eigenvalue weighted by molar-refractivity contribution is 0.351. The van der Waals surface area contributed by atoms with Crippen LogP contribution in [0.15, 0.2) is 23.6 Å². The van der Waals surface area contributed by atoms with Crippen molar-refractivity contribution >= 4 is 22.9 Å². The van der Waals surface area contributed by atoms with Crippen molar-refractivity contribution in [2.24, 2.45) is 0 Å². The van der Waals surface area contributed by atoms with E-state index in [0.29, 0.717) is 0 Å². The van der Waals surface area contributed by atoms with Gasteiger partial charge in [0.05, 0.1) is 18.6 Å². The normalized spacial score (nSPS) is 14.6. The Hall–Kier alpha value is -1.23. The van der Waals surface area contributed by atoms with Crippen LogP contribution in [0.25, 0.3) is 0 Å². The number of ether oxygens (including phenoxy) is 2. The van der Waals surface area contributed by atoms with Crippen LogP contribution in [-0.2, 0) is 12.8 Å². The molecule has 0 fully saturated rings. The molecule has 3 rings (SSSR count). The molecule has 1 N–H and O–H groups in total. The Labute approximate surface area is 133 Å². The van der Waals surface area contributed by atoms with Gasteiger partial charge in [-0.3, -0.25) is 0 Å². The molecule has 0 radical (unpaired) electrons. The summed E-state index contributed by atoms with van der Waals surface area (Å²) in [7, 11) is 3.67. The molecule has 0 saturated carbocycles. The topological polar surface area (TPSA) is 30.5 Å². The van der Waals surface area contributed by atoms with Gasteiger partial charge < -0.3 is 14.8 Å². The van der Waals surface area contributed by atoms with Gasteiger partial charge in [0.1, 0.15) is 11.5 Å². The Balaban J connectivity index is 1.92. The van der Waals surface area contributed by atoms with Gasteiger partial charge in [-0.15, -0.1) is 11.3 Å². The Bertz CT molecular complexity index is 641. The van der Waals surface area contributed by atoms with Gasteiger partial charge >= 0.3 is 0 Å². The van der Waals surface area contributed by atoms with E-state index in [2.05, 4.69) is 10.7 Å². The van der Waals surface area contributed by atoms with Crippen LogP contribution < -0.4 is 14.8 Å². The van der Waals surface area contributed by atoms with E-state index in [1.165, 1.54) is 10.4 Å². The molecule has 1 aromatic heterocycles. The molecule has 1 atom stereocenters. The summed E-state index contributed by atoms with van der Waals surface area (Å²) in [4.78, 5) is 1.20. The van der Waals surface area contributed by atoms with Crippen LogP contribution in [0.4, 0.5) is 0 Å². The molecule has 1 aliphatic rings. The van der Waals surface area contributed by atoms with Crippen LogP contribution >= 0.6 is 22.9 Å². The number of hydrogen-bond acceptors (Lipinski definition) is 4. The zero-order chi connectivity index (χ0) is 14.8. The smallest absolute Gasteiger partial charge is 0.134 e. The molecule has 0 bridgehead atoms. The maximum absolute atomic E-state index is 6.24. The fourth-order valence-corrected chi connectivity index (χ4v) is 4.01. The number of rotatable bonds is 5. The van der Waals surface area contributed by atoms with Crippen molar-refractivity contribution in [1.29, 1.82) is 0 Å². The Morgan fingerprint density at radius 3 is 3.10 bits per heavy atom. The molecule has 0 spiro atoms. The molecule has 0 aliphatic carbocycles. The highest BCUT2D eigenvalue weighted by Crippen LogP contribution is 2.38. The second kappa shape index (κ2) is 6.26. The van der Waals surface area contributed by atoms with Gasteiger partial charge in [0.2, 0.25) is 0 Å². The molecule has 2 heterocycles. The monoisotopic (exact) mass is 323 g/mol. The first kappa shape index (κ1) is 14.7. The summed E-state index contributed by atoms with van der Waals surface area (Å²) >= 11 is 7.94. The van der Waals surface area contributed by atoms with Gasteiger partial charge in [0, 0.05) is 17.5 Å². The van der Waals surface area contributed by atoms with Crippen molar-refractivity contribution in [2.45, 2.75) is 18.9 Å². The minimum Gasteiger partial charge on any atom is -0.496 e. The molecule has 1 aliphatic heterocycles. The number of likely N-dealkylation sites (N-methyl/N-ethyl adjacent to an activating group) is 1. The van der Waals surface area contributed by atoms with Crippen LogP contribution in [0, 0.1) is 0 Å². The highest BCUT2D eigenvalue weighted by Gasteiger charge is 2.22. The molecule has 2 aromatic rings. The summed E-state index contributed by atoms with van der Waals surface area (Å²) < 4.78 is 11.2. The van der Waals surface area contributed by atoms with Crippen molar-refractivity contribution in [1.82, 2.24) is 5.32 Å². The summed E-state index contributed by atoms with van der Waals surface area (Å²) in [5.74, 6) is 1.94. The van der Waals surface area contributed by atoms with Gasteiger partial charge in [0.25, 0.3) is 0 Å². The van der Waals surface area contributed by atoms with Gasteiger partial charge in [-0.2, -0.15) is 0 Å². The minimum atomic E-state index is 0.187. The van der Waals surface area contributed by atoms with E-state index in [1.54, 1.807) is 18.4 Å². The van der Waals surface area contributed by atoms with Crippen LogP contribution in [0.3, 0.4) is 0 Å². The summed E-state index contributed by atoms with van der Waals surface area (Å²) in [6, 6.07) is 6.21. The molecule has 0 saturated heterocycles. The van der Waals surface area contributed by atoms with Gasteiger partial charge in [-0.05, 0) is 48.2 Å². The maximum Gasteiger partial charge on any atom is 0.134 e. The number of hydrogen-bond donors (Lipinski definition) is 1. The summed E-state index contributed by atoms with van der Waals surface area (Å²) in [5, 5.41) is 6.20. The van der Waals surface area contributed by atoms with Crippen molar-refractivity contribution in [3.8, 4) is 11.5 Å². The zero-order valence-electron chi connectivity index (χ0n) is 12.1. The molecule has 0 amide bonds. The van der Waals surface area contributed by atoms with Crippen molar-refractivity contribution in [3.05, 3.63) is 44.6 Å². The quantitative estimate of drug-likeness (QED) is 0.906. The first-order valence-electron chi connectivity index (χ1n) is 6.95. The van der Waals surface area contributed by atoms with E-state index < -0.39 is 0 Å². The number of fused-ring (bicyclic) bond motifs is 1. The van der Waals surface area contributed by atoms with E-state index in [0.717, 1.165) is 41.5 Å². The number of halogens is 1. The predicted molar refractivity (Wildman–Crippen MR) is 87.0 cm³/mol. The van der Waals surface area contributed by atoms with E-state index in [4.69, 9.17) is 21.1 Å². The second-order valence-electron chi connectivity index (χ2n) is 5.05. The van der Waals surface area contributed by atoms with Crippen LogP contribution in [0.5, 0.6) is 11.5 Å². The van der Waals surface area contributed by atoms with Crippen molar-refractivity contribution in [2.75, 3.05) is 20.8 Å². The van der Waals surface area contributed by atoms with E-state index in [-0.39, 0.29) is 6.04 Å². The van der Waals surface area contributed by atoms with Crippen LogP contribution in [-0.4, -0.2) is 20.8 Å². The van der Waals surface area contributed by atoms with E-state index >= 15 is 0 Å². The van der Waals surface area contributed by atoms with Gasteiger partial charge in [-0.25, -0.2) is 0 Å². The average molecular weight is 324 g/mol. The molecule has 1 unspecified atom stereocenters. The standard InChI is InChI=1S/C16H18ClNO2S/c1-18-13(16-14(19-2)4-6-21-16)9-11-8-12(17)7-10-3-5-20-15(10)11/h4,6-8,13,18H,3,5,9H2,1-2H3. The van der Waals surface area contributed by atoms with Gasteiger partial charge in [-0.1, -0.05) is 11.6 Å². The number of benzene rings is 1. The fraction of sp³-hybridized carbons (Fsp3) is 0.375. The number of thiophene rings is 1. The molecular formula is C16H18ClNO2S. The minimum absolute atomic E-state index is 0.187. The lowest BCUT2D eigenvalue weighted by atomic mass is 10.0. The van der Waals surface area contributed by atoms with E-state index in [9.17, 15) is 0 Å². The third kappa shape index (κ3) is 2.89. The zero-order valence-corrected chi connectivity index (χ0v) is 13.7. The molecule has 1 aromatic carbocycles. The van der Waals surface area contributed by atoms with Crippen molar-refractivity contribution < 1.29 is 9.47 Å². The number of methoxy groups -OCH3 is 1. The maximum atomic E-state index is 6.24. The molecule has 21 heavy (non-hydrogen) atoms. The fourth-order valence-electron chi connectivity index (χ4n) is 2.78. The van der Waals surface area contributed by atoms with E-state index in [1.807, 2.05) is 25.2 Å². The second-order valence-corrected chi connectivity index (χ2v) is 6.43. The highest BCUT2D eigenvalue weighted by molar-refractivity contribution is 7.10. The van der Waals surface area contributed by atoms with Gasteiger partial charge in [0.15, 0.2) is 0 Å².